The topological polar surface area (TPSA) is 47.0 Å². The van der Waals surface area contributed by atoms with Gasteiger partial charge in [0, 0.05) is 17.6 Å². The normalized spacial score (nSPS) is 10.3. The van der Waals surface area contributed by atoms with Crippen LogP contribution >= 0.6 is 27.7 Å². The number of methoxy groups -OCH3 is 1. The summed E-state index contributed by atoms with van der Waals surface area (Å²) < 4.78 is 6.02. The molecule has 0 spiro atoms. The number of rotatable bonds is 5. The highest BCUT2D eigenvalue weighted by molar-refractivity contribution is 9.10. The Hall–Kier alpha value is -1.27. The number of anilines is 1. The molecule has 0 bridgehead atoms. The van der Waals surface area contributed by atoms with Crippen molar-refractivity contribution in [2.75, 3.05) is 19.0 Å². The second-order valence-corrected chi connectivity index (χ2v) is 5.57. The number of nitrogens with one attached hydrogen (secondary N) is 1. The van der Waals surface area contributed by atoms with Crippen LogP contribution in [0.5, 0.6) is 5.75 Å². The third-order valence-electron chi connectivity index (χ3n) is 2.32. The summed E-state index contributed by atoms with van der Waals surface area (Å²) in [7, 11) is 1.66. The van der Waals surface area contributed by atoms with Crippen LogP contribution in [0.15, 0.2) is 44.9 Å². The Morgan fingerprint density at radius 1 is 1.32 bits per heavy atom. The molecule has 2 rings (SSSR count). The third-order valence-corrected chi connectivity index (χ3v) is 4.18. The van der Waals surface area contributed by atoms with E-state index < -0.39 is 0 Å². The van der Waals surface area contributed by atoms with Crippen molar-refractivity contribution in [2.45, 2.75) is 16.8 Å². The SMILES string of the molecule is CCNc1ncc(Br)c(Sc2ccc(OC)cc2)n1. The van der Waals surface area contributed by atoms with Gasteiger partial charge >= 0.3 is 0 Å². The Kier molecular flexibility index (Phi) is 5.04. The molecule has 2 aromatic rings. The highest BCUT2D eigenvalue weighted by atomic mass is 79.9. The first-order chi connectivity index (χ1) is 9.22. The molecular weight excluding hydrogens is 326 g/mol. The van der Waals surface area contributed by atoms with E-state index in [2.05, 4.69) is 31.2 Å². The van der Waals surface area contributed by atoms with Gasteiger partial charge in [-0.05, 0) is 47.1 Å². The van der Waals surface area contributed by atoms with Crippen LogP contribution in [0.2, 0.25) is 0 Å². The van der Waals surface area contributed by atoms with Gasteiger partial charge in [0.2, 0.25) is 5.95 Å². The minimum absolute atomic E-state index is 0.640. The van der Waals surface area contributed by atoms with Crippen LogP contribution in [0.4, 0.5) is 5.95 Å². The highest BCUT2D eigenvalue weighted by Crippen LogP contribution is 2.32. The molecule has 1 heterocycles. The quantitative estimate of drug-likeness (QED) is 0.838. The molecule has 19 heavy (non-hydrogen) atoms. The van der Waals surface area contributed by atoms with Crippen LogP contribution in [0, 0.1) is 0 Å². The first-order valence-corrected chi connectivity index (χ1v) is 7.42. The first kappa shape index (κ1) is 14.1. The first-order valence-electron chi connectivity index (χ1n) is 5.81. The molecule has 4 nitrogen and oxygen atoms in total. The fourth-order valence-corrected chi connectivity index (χ4v) is 2.63. The van der Waals surface area contributed by atoms with Crippen molar-refractivity contribution in [3.63, 3.8) is 0 Å². The average molecular weight is 340 g/mol. The fourth-order valence-electron chi connectivity index (χ4n) is 1.42. The van der Waals surface area contributed by atoms with Crippen LogP contribution < -0.4 is 10.1 Å². The summed E-state index contributed by atoms with van der Waals surface area (Å²) in [6.07, 6.45) is 1.76. The van der Waals surface area contributed by atoms with Crippen molar-refractivity contribution in [3.05, 3.63) is 34.9 Å². The second-order valence-electron chi connectivity index (χ2n) is 3.65. The molecule has 0 amide bonds. The van der Waals surface area contributed by atoms with E-state index in [-0.39, 0.29) is 0 Å². The van der Waals surface area contributed by atoms with Crippen LogP contribution in [0.1, 0.15) is 6.92 Å². The van der Waals surface area contributed by atoms with Gasteiger partial charge in [-0.1, -0.05) is 11.8 Å². The standard InChI is InChI=1S/C13H14BrN3OS/c1-3-15-13-16-8-11(14)12(17-13)19-10-6-4-9(18-2)5-7-10/h4-8H,3H2,1-2H3,(H,15,16,17). The summed E-state index contributed by atoms with van der Waals surface area (Å²) in [5, 5.41) is 3.99. The van der Waals surface area contributed by atoms with Gasteiger partial charge in [-0.2, -0.15) is 0 Å². The Labute approximate surface area is 125 Å². The molecule has 100 valence electrons. The molecule has 1 N–H and O–H groups in total. The summed E-state index contributed by atoms with van der Waals surface area (Å²) in [4.78, 5) is 9.76. The monoisotopic (exact) mass is 339 g/mol. The van der Waals surface area contributed by atoms with Crippen molar-refractivity contribution in [1.82, 2.24) is 9.97 Å². The highest BCUT2D eigenvalue weighted by Gasteiger charge is 2.07. The van der Waals surface area contributed by atoms with E-state index in [4.69, 9.17) is 4.74 Å². The zero-order chi connectivity index (χ0) is 13.7. The summed E-state index contributed by atoms with van der Waals surface area (Å²) in [6.45, 7) is 2.82. The number of benzene rings is 1. The molecule has 0 aliphatic heterocycles. The van der Waals surface area contributed by atoms with Crippen molar-refractivity contribution in [2.24, 2.45) is 0 Å². The van der Waals surface area contributed by atoms with E-state index in [0.717, 1.165) is 26.7 Å². The molecule has 0 atom stereocenters. The Morgan fingerprint density at radius 2 is 2.05 bits per heavy atom. The van der Waals surface area contributed by atoms with Crippen molar-refractivity contribution in [1.29, 1.82) is 0 Å². The predicted octanol–water partition coefficient (Wildman–Crippen LogP) is 3.83. The summed E-state index contributed by atoms with van der Waals surface area (Å²) in [5.41, 5.74) is 0. The lowest BCUT2D eigenvalue weighted by molar-refractivity contribution is 0.414. The van der Waals surface area contributed by atoms with Gasteiger partial charge in [-0.25, -0.2) is 9.97 Å². The average Bonchev–Trinajstić information content (AvgIpc) is 2.44. The number of halogens is 1. The fraction of sp³-hybridized carbons (Fsp3) is 0.231. The molecule has 0 unspecified atom stereocenters. The molecule has 0 saturated heterocycles. The summed E-state index contributed by atoms with van der Waals surface area (Å²) in [6, 6.07) is 7.88. The van der Waals surface area contributed by atoms with Gasteiger partial charge in [0.15, 0.2) is 0 Å². The lowest BCUT2D eigenvalue weighted by Crippen LogP contribution is -2.02. The van der Waals surface area contributed by atoms with E-state index in [0.29, 0.717) is 5.95 Å². The van der Waals surface area contributed by atoms with Crippen molar-refractivity contribution >= 4 is 33.6 Å². The minimum atomic E-state index is 0.640. The van der Waals surface area contributed by atoms with Crippen molar-refractivity contribution in [3.8, 4) is 5.75 Å². The van der Waals surface area contributed by atoms with E-state index in [1.54, 1.807) is 25.1 Å². The molecular formula is C13H14BrN3OS. The number of hydrogen-bond donors (Lipinski definition) is 1. The Balaban J connectivity index is 2.18. The maximum absolute atomic E-state index is 5.14. The third kappa shape index (κ3) is 3.84. The molecule has 0 aliphatic carbocycles. The van der Waals surface area contributed by atoms with Gasteiger partial charge in [0.05, 0.1) is 11.6 Å². The molecule has 6 heteroatoms. The number of hydrogen-bond acceptors (Lipinski definition) is 5. The van der Waals surface area contributed by atoms with Crippen molar-refractivity contribution < 1.29 is 4.74 Å². The van der Waals surface area contributed by atoms with Crippen LogP contribution in [0.25, 0.3) is 0 Å². The van der Waals surface area contributed by atoms with E-state index in [1.165, 1.54) is 0 Å². The van der Waals surface area contributed by atoms with Crippen LogP contribution in [-0.4, -0.2) is 23.6 Å². The second kappa shape index (κ2) is 6.77. The molecule has 0 aliphatic rings. The van der Waals surface area contributed by atoms with Gasteiger partial charge in [-0.3, -0.25) is 0 Å². The molecule has 0 saturated carbocycles. The molecule has 1 aromatic heterocycles. The van der Waals surface area contributed by atoms with Crippen LogP contribution in [0.3, 0.4) is 0 Å². The molecule has 0 radical (unpaired) electrons. The lowest BCUT2D eigenvalue weighted by atomic mass is 10.3. The number of aromatic nitrogens is 2. The predicted molar refractivity (Wildman–Crippen MR) is 81.0 cm³/mol. The molecule has 0 fully saturated rings. The van der Waals surface area contributed by atoms with Gasteiger partial charge in [0.1, 0.15) is 10.8 Å². The summed E-state index contributed by atoms with van der Waals surface area (Å²) >= 11 is 5.05. The minimum Gasteiger partial charge on any atom is -0.497 e. The van der Waals surface area contributed by atoms with Gasteiger partial charge in [-0.15, -0.1) is 0 Å². The maximum atomic E-state index is 5.14. The number of ether oxygens (including phenoxy) is 1. The smallest absolute Gasteiger partial charge is 0.223 e. The van der Waals surface area contributed by atoms with Crippen LogP contribution in [-0.2, 0) is 0 Å². The Morgan fingerprint density at radius 3 is 2.68 bits per heavy atom. The zero-order valence-corrected chi connectivity index (χ0v) is 13.1. The molecule has 1 aromatic carbocycles. The maximum Gasteiger partial charge on any atom is 0.223 e. The van der Waals surface area contributed by atoms with Gasteiger partial charge < -0.3 is 10.1 Å². The number of nitrogens with zero attached hydrogens (tertiary/aromatic N) is 2. The zero-order valence-electron chi connectivity index (χ0n) is 10.7. The Bertz CT molecular complexity index is 548. The lowest BCUT2D eigenvalue weighted by Gasteiger charge is -2.07. The van der Waals surface area contributed by atoms with E-state index in [9.17, 15) is 0 Å². The van der Waals surface area contributed by atoms with Gasteiger partial charge in [0.25, 0.3) is 0 Å². The van der Waals surface area contributed by atoms with E-state index >= 15 is 0 Å². The largest absolute Gasteiger partial charge is 0.497 e. The van der Waals surface area contributed by atoms with E-state index in [1.807, 2.05) is 31.2 Å². The summed E-state index contributed by atoms with van der Waals surface area (Å²) in [5.74, 6) is 1.49.